The Morgan fingerprint density at radius 3 is 2.47 bits per heavy atom. The zero-order valence-electron chi connectivity index (χ0n) is 23.0. The normalized spacial score (nSPS) is 16.2. The minimum absolute atomic E-state index is 0.163. The van der Waals surface area contributed by atoms with Gasteiger partial charge in [0.15, 0.2) is 15.8 Å². The standard InChI is InChI=1S/C32H24FN3O5S2/c1-40-24-15-12-20(16-25(24)41-2)28(37)26-27(19-10-13-22(33)14-11-19)36(30(39)29(26)38)31-34-35-32(43-31)42-17-21-8-5-7-18-6-3-4-9-23(18)21/h3-16,27,37H,17H2,1-2H3. The summed E-state index contributed by atoms with van der Waals surface area (Å²) in [4.78, 5) is 28.2. The summed E-state index contributed by atoms with van der Waals surface area (Å²) in [5, 5.41) is 22.4. The van der Waals surface area contributed by atoms with E-state index in [0.29, 0.717) is 27.2 Å². The van der Waals surface area contributed by atoms with Crippen molar-refractivity contribution in [3.63, 3.8) is 0 Å². The number of Topliss-reactive ketones (excluding diaryl/α,β-unsaturated/α-hetero) is 1. The number of nitrogens with zero attached hydrogens (tertiary/aromatic N) is 3. The van der Waals surface area contributed by atoms with Gasteiger partial charge in [0.2, 0.25) is 5.13 Å². The predicted molar refractivity (Wildman–Crippen MR) is 164 cm³/mol. The van der Waals surface area contributed by atoms with Crippen LogP contribution in [0.5, 0.6) is 11.5 Å². The monoisotopic (exact) mass is 613 g/mol. The largest absolute Gasteiger partial charge is 0.507 e. The van der Waals surface area contributed by atoms with Gasteiger partial charge in [0.1, 0.15) is 11.6 Å². The minimum Gasteiger partial charge on any atom is -0.507 e. The molecule has 1 aliphatic heterocycles. The molecule has 0 radical (unpaired) electrons. The fourth-order valence-electron chi connectivity index (χ4n) is 5.05. The van der Waals surface area contributed by atoms with Gasteiger partial charge in [0, 0.05) is 11.3 Å². The van der Waals surface area contributed by atoms with E-state index >= 15 is 0 Å². The molecule has 5 aromatic rings. The lowest BCUT2D eigenvalue weighted by Gasteiger charge is -2.22. The van der Waals surface area contributed by atoms with Gasteiger partial charge < -0.3 is 14.6 Å². The molecule has 0 spiro atoms. The number of thioether (sulfide) groups is 1. The van der Waals surface area contributed by atoms with Crippen molar-refractivity contribution in [2.75, 3.05) is 19.1 Å². The van der Waals surface area contributed by atoms with Crippen molar-refractivity contribution in [1.29, 1.82) is 0 Å². The van der Waals surface area contributed by atoms with Crippen molar-refractivity contribution < 1.29 is 28.6 Å². The number of methoxy groups -OCH3 is 2. The van der Waals surface area contributed by atoms with Gasteiger partial charge in [0.25, 0.3) is 5.78 Å². The second kappa shape index (κ2) is 11.9. The predicted octanol–water partition coefficient (Wildman–Crippen LogP) is 6.77. The SMILES string of the molecule is COc1ccc(C(O)=C2C(=O)C(=O)N(c3nnc(SCc4cccc5ccccc45)s3)C2c2ccc(F)cc2)cc1OC. The lowest BCUT2D eigenvalue weighted by atomic mass is 9.95. The number of rotatable bonds is 8. The van der Waals surface area contributed by atoms with Crippen LogP contribution in [0.4, 0.5) is 9.52 Å². The van der Waals surface area contributed by atoms with Gasteiger partial charge in [-0.25, -0.2) is 4.39 Å². The first kappa shape index (κ1) is 28.4. The molecule has 1 amide bonds. The van der Waals surface area contributed by atoms with Crippen molar-refractivity contribution in [1.82, 2.24) is 10.2 Å². The number of carbonyl (C=O) groups is 2. The highest BCUT2D eigenvalue weighted by Gasteiger charge is 2.48. The molecule has 1 unspecified atom stereocenters. The number of halogens is 1. The Kier molecular flexibility index (Phi) is 7.83. The van der Waals surface area contributed by atoms with E-state index in [1.165, 1.54) is 61.2 Å². The number of amides is 1. The molecule has 8 nitrogen and oxygen atoms in total. The molecule has 1 atom stereocenters. The fraction of sp³-hybridized carbons (Fsp3) is 0.125. The maximum atomic E-state index is 13.9. The number of aliphatic hydroxyl groups is 1. The average molecular weight is 614 g/mol. The van der Waals surface area contributed by atoms with Crippen molar-refractivity contribution >= 4 is 56.5 Å². The Morgan fingerprint density at radius 2 is 1.70 bits per heavy atom. The molecule has 1 aromatic heterocycles. The third-order valence-corrected chi connectivity index (χ3v) is 9.22. The van der Waals surface area contributed by atoms with E-state index in [-0.39, 0.29) is 16.3 Å². The van der Waals surface area contributed by atoms with Crippen LogP contribution in [-0.4, -0.2) is 41.2 Å². The molecule has 1 N–H and O–H groups in total. The fourth-order valence-corrected chi connectivity index (χ4v) is 6.92. The van der Waals surface area contributed by atoms with Crippen LogP contribution in [0.15, 0.2) is 94.8 Å². The second-order valence-corrected chi connectivity index (χ2v) is 11.7. The summed E-state index contributed by atoms with van der Waals surface area (Å²) < 4.78 is 25.1. The highest BCUT2D eigenvalue weighted by Crippen LogP contribution is 2.44. The molecule has 0 aliphatic carbocycles. The molecule has 0 saturated carbocycles. The average Bonchev–Trinajstić information content (AvgIpc) is 3.61. The van der Waals surface area contributed by atoms with Crippen molar-refractivity contribution in [2.24, 2.45) is 0 Å². The maximum Gasteiger partial charge on any atom is 0.301 e. The van der Waals surface area contributed by atoms with Crippen molar-refractivity contribution in [2.45, 2.75) is 16.1 Å². The number of aromatic nitrogens is 2. The van der Waals surface area contributed by atoms with Crippen LogP contribution in [0, 0.1) is 5.82 Å². The van der Waals surface area contributed by atoms with Crippen LogP contribution in [0.2, 0.25) is 0 Å². The number of ether oxygens (including phenoxy) is 2. The zero-order valence-corrected chi connectivity index (χ0v) is 24.6. The highest BCUT2D eigenvalue weighted by atomic mass is 32.2. The van der Waals surface area contributed by atoms with Gasteiger partial charge >= 0.3 is 5.91 Å². The van der Waals surface area contributed by atoms with Crippen molar-refractivity contribution in [3.8, 4) is 11.5 Å². The third kappa shape index (κ3) is 5.33. The molecule has 1 saturated heterocycles. The first-order chi connectivity index (χ1) is 20.9. The summed E-state index contributed by atoms with van der Waals surface area (Å²) in [5.41, 5.74) is 1.62. The van der Waals surface area contributed by atoms with Crippen LogP contribution >= 0.6 is 23.1 Å². The zero-order chi connectivity index (χ0) is 30.1. The first-order valence-electron chi connectivity index (χ1n) is 13.1. The Bertz CT molecular complexity index is 1880. The summed E-state index contributed by atoms with van der Waals surface area (Å²) in [6.07, 6.45) is 0. The quantitative estimate of drug-likeness (QED) is 0.0673. The molecule has 11 heteroatoms. The molecule has 6 rings (SSSR count). The summed E-state index contributed by atoms with van der Waals surface area (Å²) in [6, 6.07) is 23.2. The number of hydrogen-bond donors (Lipinski definition) is 1. The van der Waals surface area contributed by atoms with Gasteiger partial charge in [-0.1, -0.05) is 77.7 Å². The molecule has 1 aliphatic rings. The number of carbonyl (C=O) groups excluding carboxylic acids is 2. The Hall–Kier alpha value is -4.74. The van der Waals surface area contributed by atoms with Crippen LogP contribution in [0.25, 0.3) is 16.5 Å². The Labute approximate surface area is 254 Å². The van der Waals surface area contributed by atoms with Gasteiger partial charge in [-0.05, 0) is 52.2 Å². The number of fused-ring (bicyclic) bond motifs is 1. The number of aliphatic hydroxyl groups excluding tert-OH is 1. The smallest absolute Gasteiger partial charge is 0.301 e. The van der Waals surface area contributed by atoms with E-state index in [2.05, 4.69) is 34.5 Å². The van der Waals surface area contributed by atoms with E-state index < -0.39 is 29.3 Å². The lowest BCUT2D eigenvalue weighted by Crippen LogP contribution is -2.29. The number of ketones is 1. The van der Waals surface area contributed by atoms with Gasteiger partial charge in [-0.15, -0.1) is 10.2 Å². The highest BCUT2D eigenvalue weighted by molar-refractivity contribution is 8.00. The van der Waals surface area contributed by atoms with E-state index in [1.807, 2.05) is 18.2 Å². The topological polar surface area (TPSA) is 102 Å². The molecule has 216 valence electrons. The molecular weight excluding hydrogens is 590 g/mol. The third-order valence-electron chi connectivity index (χ3n) is 7.12. The number of benzene rings is 4. The van der Waals surface area contributed by atoms with Gasteiger partial charge in [-0.3, -0.25) is 14.5 Å². The Morgan fingerprint density at radius 1 is 0.953 bits per heavy atom. The van der Waals surface area contributed by atoms with Crippen LogP contribution < -0.4 is 14.4 Å². The summed E-state index contributed by atoms with van der Waals surface area (Å²) in [7, 11) is 2.93. The van der Waals surface area contributed by atoms with Crippen LogP contribution in [0.1, 0.15) is 22.7 Å². The van der Waals surface area contributed by atoms with Crippen LogP contribution in [0.3, 0.4) is 0 Å². The van der Waals surface area contributed by atoms with E-state index in [0.717, 1.165) is 27.7 Å². The van der Waals surface area contributed by atoms with E-state index in [9.17, 15) is 19.1 Å². The van der Waals surface area contributed by atoms with Gasteiger partial charge in [-0.2, -0.15) is 0 Å². The molecule has 2 heterocycles. The first-order valence-corrected chi connectivity index (χ1v) is 14.9. The Balaban J connectivity index is 1.38. The molecule has 43 heavy (non-hydrogen) atoms. The van der Waals surface area contributed by atoms with Gasteiger partial charge in [0.05, 0.1) is 25.8 Å². The van der Waals surface area contributed by atoms with Crippen molar-refractivity contribution in [3.05, 3.63) is 113 Å². The summed E-state index contributed by atoms with van der Waals surface area (Å²) in [5.74, 6) is -1.29. The number of hydrogen-bond acceptors (Lipinski definition) is 9. The number of anilines is 1. The summed E-state index contributed by atoms with van der Waals surface area (Å²) >= 11 is 2.63. The van der Waals surface area contributed by atoms with Crippen LogP contribution in [-0.2, 0) is 15.3 Å². The minimum atomic E-state index is -1.07. The molecule has 4 aromatic carbocycles. The summed E-state index contributed by atoms with van der Waals surface area (Å²) in [6.45, 7) is 0. The lowest BCUT2D eigenvalue weighted by molar-refractivity contribution is -0.132. The van der Waals surface area contributed by atoms with E-state index in [4.69, 9.17) is 9.47 Å². The molecule has 1 fully saturated rings. The second-order valence-electron chi connectivity index (χ2n) is 9.57. The van der Waals surface area contributed by atoms with E-state index in [1.54, 1.807) is 12.1 Å². The molecular formula is C32H24FN3O5S2. The maximum absolute atomic E-state index is 13.9. The molecule has 0 bridgehead atoms.